The first-order chi connectivity index (χ1) is 17.5. The number of rotatable bonds is 8. The van der Waals surface area contributed by atoms with Crippen molar-refractivity contribution in [1.82, 2.24) is 0 Å². The summed E-state index contributed by atoms with van der Waals surface area (Å²) in [6, 6.07) is 17.4. The van der Waals surface area contributed by atoms with E-state index < -0.39 is 34.4 Å². The van der Waals surface area contributed by atoms with Crippen LogP contribution in [-0.2, 0) is 24.4 Å². The van der Waals surface area contributed by atoms with Gasteiger partial charge in [0, 0.05) is 24.2 Å². The quantitative estimate of drug-likeness (QED) is 0.249. The van der Waals surface area contributed by atoms with E-state index in [0.717, 1.165) is 22.4 Å². The summed E-state index contributed by atoms with van der Waals surface area (Å²) in [5.74, 6) is -1.86. The predicted molar refractivity (Wildman–Crippen MR) is 137 cm³/mol. The highest BCUT2D eigenvalue weighted by molar-refractivity contribution is 7.87. The molecule has 37 heavy (non-hydrogen) atoms. The van der Waals surface area contributed by atoms with E-state index in [2.05, 4.69) is 0 Å². The summed E-state index contributed by atoms with van der Waals surface area (Å²) in [7, 11) is -4.01. The second kappa shape index (κ2) is 10.6. The van der Waals surface area contributed by atoms with Gasteiger partial charge in [0.1, 0.15) is 10.6 Å². The van der Waals surface area contributed by atoms with Gasteiger partial charge in [0.25, 0.3) is 0 Å². The van der Waals surface area contributed by atoms with Crippen LogP contribution >= 0.6 is 0 Å². The van der Waals surface area contributed by atoms with Crippen molar-refractivity contribution in [2.24, 2.45) is 5.92 Å². The first kappa shape index (κ1) is 26.1. The Kier molecular flexibility index (Phi) is 7.45. The number of carbonyl (C=O) groups excluding carboxylic acids is 3. The fourth-order valence-electron chi connectivity index (χ4n) is 4.04. The van der Waals surface area contributed by atoms with E-state index in [1.807, 2.05) is 39.0 Å². The first-order valence-corrected chi connectivity index (χ1v) is 13.1. The Morgan fingerprint density at radius 2 is 1.62 bits per heavy atom. The Bertz CT molecular complexity index is 1440. The minimum absolute atomic E-state index is 0.0158. The van der Waals surface area contributed by atoms with Crippen molar-refractivity contribution in [1.29, 1.82) is 0 Å². The van der Waals surface area contributed by atoms with E-state index in [0.29, 0.717) is 0 Å². The number of nitrogens with zero attached hydrogens (tertiary/aromatic N) is 1. The molecule has 0 aromatic heterocycles. The van der Waals surface area contributed by atoms with Crippen molar-refractivity contribution in [3.8, 4) is 5.75 Å². The monoisotopic (exact) mass is 521 g/mol. The third kappa shape index (κ3) is 5.89. The smallest absolute Gasteiger partial charge is 0.339 e. The number of hydrogen-bond acceptors (Lipinski definition) is 7. The second-order valence-electron chi connectivity index (χ2n) is 9.03. The molecule has 0 bridgehead atoms. The van der Waals surface area contributed by atoms with Gasteiger partial charge < -0.3 is 13.8 Å². The van der Waals surface area contributed by atoms with Crippen LogP contribution in [0.25, 0.3) is 0 Å². The lowest BCUT2D eigenvalue weighted by atomic mass is 10.1. The number of aryl methyl sites for hydroxylation is 2. The molecule has 1 atom stereocenters. The van der Waals surface area contributed by atoms with E-state index in [4.69, 9.17) is 8.92 Å². The highest BCUT2D eigenvalue weighted by Crippen LogP contribution is 2.30. The van der Waals surface area contributed by atoms with Gasteiger partial charge in [-0.1, -0.05) is 29.8 Å². The summed E-state index contributed by atoms with van der Waals surface area (Å²) in [4.78, 5) is 39.3. The van der Waals surface area contributed by atoms with Gasteiger partial charge in [-0.15, -0.1) is 0 Å². The summed E-state index contributed by atoms with van der Waals surface area (Å²) in [6.07, 6.45) is 0.0158. The fraction of sp³-hybridized carbons (Fsp3) is 0.250. The third-order valence-corrected chi connectivity index (χ3v) is 7.62. The number of hydrogen-bond donors (Lipinski definition) is 0. The molecule has 1 aliphatic heterocycles. The van der Waals surface area contributed by atoms with Crippen LogP contribution in [0.2, 0.25) is 0 Å². The van der Waals surface area contributed by atoms with Crippen LogP contribution in [-0.4, -0.2) is 39.2 Å². The van der Waals surface area contributed by atoms with Crippen molar-refractivity contribution in [3.05, 3.63) is 89.0 Å². The first-order valence-electron chi connectivity index (χ1n) is 11.7. The molecule has 0 spiro atoms. The number of ether oxygens (including phenoxy) is 1. The van der Waals surface area contributed by atoms with Gasteiger partial charge >= 0.3 is 16.1 Å². The van der Waals surface area contributed by atoms with Crippen molar-refractivity contribution >= 4 is 33.5 Å². The number of benzene rings is 3. The molecule has 192 valence electrons. The molecule has 4 rings (SSSR count). The second-order valence-corrected chi connectivity index (χ2v) is 10.6. The van der Waals surface area contributed by atoms with Gasteiger partial charge in [0.15, 0.2) is 12.4 Å². The van der Waals surface area contributed by atoms with Crippen LogP contribution in [0.15, 0.2) is 71.6 Å². The highest BCUT2D eigenvalue weighted by atomic mass is 32.2. The Labute approximate surface area is 215 Å². The molecule has 0 N–H and O–H groups in total. The lowest BCUT2D eigenvalue weighted by Crippen LogP contribution is -2.27. The van der Waals surface area contributed by atoms with E-state index in [1.165, 1.54) is 36.4 Å². The van der Waals surface area contributed by atoms with E-state index >= 15 is 0 Å². The van der Waals surface area contributed by atoms with Gasteiger partial charge in [-0.3, -0.25) is 14.4 Å². The van der Waals surface area contributed by atoms with Gasteiger partial charge in [-0.05, 0) is 74.4 Å². The largest absolute Gasteiger partial charge is 0.457 e. The molecule has 1 fully saturated rings. The zero-order valence-electron chi connectivity index (χ0n) is 20.8. The van der Waals surface area contributed by atoms with Gasteiger partial charge in [-0.25, -0.2) is 0 Å². The Morgan fingerprint density at radius 3 is 2.30 bits per heavy atom. The molecule has 3 aromatic carbocycles. The van der Waals surface area contributed by atoms with Crippen molar-refractivity contribution in [2.75, 3.05) is 18.1 Å². The molecular formula is C28H27NO7S. The summed E-state index contributed by atoms with van der Waals surface area (Å²) in [5, 5.41) is 0. The minimum Gasteiger partial charge on any atom is -0.457 e. The summed E-state index contributed by atoms with van der Waals surface area (Å²) in [6.45, 7) is 5.43. The van der Waals surface area contributed by atoms with E-state index in [1.54, 1.807) is 17.0 Å². The van der Waals surface area contributed by atoms with Gasteiger partial charge in [0.2, 0.25) is 5.91 Å². The third-order valence-electron chi connectivity index (χ3n) is 6.36. The number of anilines is 1. The average molecular weight is 522 g/mol. The number of Topliss-reactive ketones (excluding diaryl/α,β-unsaturated/α-hetero) is 1. The maximum absolute atomic E-state index is 12.6. The average Bonchev–Trinajstić information content (AvgIpc) is 3.26. The van der Waals surface area contributed by atoms with Crippen molar-refractivity contribution < 1.29 is 31.7 Å². The molecule has 1 saturated heterocycles. The van der Waals surface area contributed by atoms with Gasteiger partial charge in [-0.2, -0.15) is 8.42 Å². The van der Waals surface area contributed by atoms with Crippen LogP contribution in [0, 0.1) is 26.7 Å². The maximum Gasteiger partial charge on any atom is 0.339 e. The minimum atomic E-state index is -4.01. The lowest BCUT2D eigenvalue weighted by molar-refractivity contribution is -0.147. The molecular weight excluding hydrogens is 494 g/mol. The molecule has 1 amide bonds. The molecule has 0 aliphatic carbocycles. The molecule has 1 aliphatic rings. The molecule has 9 heteroatoms. The van der Waals surface area contributed by atoms with E-state index in [9.17, 15) is 22.8 Å². The Morgan fingerprint density at radius 1 is 0.946 bits per heavy atom. The summed E-state index contributed by atoms with van der Waals surface area (Å²) < 4.78 is 35.2. The molecule has 0 unspecified atom stereocenters. The number of carbonyl (C=O) groups is 3. The number of amides is 1. The van der Waals surface area contributed by atoms with Crippen molar-refractivity contribution in [2.45, 2.75) is 32.1 Å². The number of esters is 1. The predicted octanol–water partition coefficient (Wildman–Crippen LogP) is 4.16. The zero-order chi connectivity index (χ0) is 26.7. The Balaban J connectivity index is 1.33. The summed E-state index contributed by atoms with van der Waals surface area (Å²) in [5.41, 5.74) is 3.93. The molecule has 0 radical (unpaired) electrons. The molecule has 0 saturated carbocycles. The molecule has 3 aromatic rings. The normalized spacial score (nSPS) is 15.5. The zero-order valence-corrected chi connectivity index (χ0v) is 21.6. The van der Waals surface area contributed by atoms with Crippen LogP contribution in [0.3, 0.4) is 0 Å². The number of ketones is 1. The molecule has 8 nitrogen and oxygen atoms in total. The van der Waals surface area contributed by atoms with Crippen LogP contribution < -0.4 is 9.08 Å². The SMILES string of the molecule is Cc1ccc(S(=O)(=O)Oc2ccc(C(=O)COC(=O)[C@@H]3CC(=O)N(c4cccc(C)c4C)C3)cc2)cc1. The molecule has 1 heterocycles. The topological polar surface area (TPSA) is 107 Å². The fourth-order valence-corrected chi connectivity index (χ4v) is 4.97. The van der Waals surface area contributed by atoms with Crippen LogP contribution in [0.1, 0.15) is 33.5 Å². The van der Waals surface area contributed by atoms with Crippen LogP contribution in [0.5, 0.6) is 5.75 Å². The van der Waals surface area contributed by atoms with Crippen molar-refractivity contribution in [3.63, 3.8) is 0 Å². The maximum atomic E-state index is 12.6. The lowest BCUT2D eigenvalue weighted by Gasteiger charge is -2.20. The van der Waals surface area contributed by atoms with E-state index in [-0.39, 0.29) is 35.1 Å². The van der Waals surface area contributed by atoms with Gasteiger partial charge in [0.05, 0.1) is 5.92 Å². The Hall–Kier alpha value is -3.98. The standard InChI is InChI=1S/C28H27NO7S/c1-18-7-13-24(14-8-18)37(33,34)36-23-11-9-21(10-12-23)26(30)17-35-28(32)22-15-27(31)29(16-22)25-6-4-5-19(2)20(25)3/h4-14,22H,15-17H2,1-3H3/t22-/m1/s1. The van der Waals surface area contributed by atoms with Crippen LogP contribution in [0.4, 0.5) is 5.69 Å². The highest BCUT2D eigenvalue weighted by Gasteiger charge is 2.37. The summed E-state index contributed by atoms with van der Waals surface area (Å²) >= 11 is 0.